The zero-order chi connectivity index (χ0) is 15.5. The highest BCUT2D eigenvalue weighted by Crippen LogP contribution is 2.44. The Morgan fingerprint density at radius 2 is 1.75 bits per heavy atom. The molecule has 1 heterocycles. The van der Waals surface area contributed by atoms with E-state index in [1.807, 2.05) is 6.07 Å². The number of piperazine rings is 1. The summed E-state index contributed by atoms with van der Waals surface area (Å²) in [5.41, 5.74) is 0.994. The van der Waals surface area contributed by atoms with E-state index in [4.69, 9.17) is 11.6 Å². The Morgan fingerprint density at radius 3 is 2.38 bits per heavy atom. The van der Waals surface area contributed by atoms with Crippen LogP contribution >= 0.6 is 52.3 Å². The van der Waals surface area contributed by atoms with E-state index in [-0.39, 0.29) is 30.9 Å². The number of benzene rings is 1. The van der Waals surface area contributed by atoms with Crippen molar-refractivity contribution in [1.29, 1.82) is 0 Å². The second-order valence-corrected chi connectivity index (χ2v) is 7.75. The molecule has 3 nitrogen and oxygen atoms in total. The van der Waals surface area contributed by atoms with Crippen LogP contribution in [0.2, 0.25) is 5.02 Å². The van der Waals surface area contributed by atoms with Gasteiger partial charge in [-0.2, -0.15) is 0 Å². The molecule has 2 fully saturated rings. The second-order valence-electron chi connectivity index (χ2n) is 6.45. The Balaban J connectivity index is 0.00000144. The van der Waals surface area contributed by atoms with Crippen molar-refractivity contribution in [1.82, 2.24) is 10.2 Å². The topological polar surface area (TPSA) is 35.5 Å². The molecule has 0 radical (unpaired) electrons. The molecule has 3 rings (SSSR count). The summed E-state index contributed by atoms with van der Waals surface area (Å²) in [6.45, 7) is 4.10. The molecule has 1 aromatic rings. The van der Waals surface area contributed by atoms with Gasteiger partial charge in [0.2, 0.25) is 0 Å². The summed E-state index contributed by atoms with van der Waals surface area (Å²) in [6.07, 6.45) is 6.44. The third-order valence-electron chi connectivity index (χ3n) is 5.02. The molecule has 1 saturated carbocycles. The van der Waals surface area contributed by atoms with E-state index in [9.17, 15) is 5.11 Å². The maximum atomic E-state index is 10.6. The molecule has 2 aliphatic rings. The van der Waals surface area contributed by atoms with Crippen LogP contribution in [0.5, 0.6) is 5.75 Å². The Labute approximate surface area is 170 Å². The van der Waals surface area contributed by atoms with Gasteiger partial charge in [0, 0.05) is 42.8 Å². The van der Waals surface area contributed by atoms with Crippen molar-refractivity contribution in [2.45, 2.75) is 38.1 Å². The van der Waals surface area contributed by atoms with Gasteiger partial charge in [-0.15, -0.1) is 24.8 Å². The van der Waals surface area contributed by atoms with Crippen molar-refractivity contribution >= 4 is 52.3 Å². The minimum Gasteiger partial charge on any atom is -0.506 e. The fourth-order valence-electron chi connectivity index (χ4n) is 3.97. The van der Waals surface area contributed by atoms with Crippen molar-refractivity contribution in [3.63, 3.8) is 0 Å². The summed E-state index contributed by atoms with van der Waals surface area (Å²) in [5.74, 6) is 0.974. The third-order valence-corrected chi connectivity index (χ3v) is 5.84. The van der Waals surface area contributed by atoms with Crippen molar-refractivity contribution in [3.8, 4) is 5.75 Å². The summed E-state index contributed by atoms with van der Waals surface area (Å²) in [7, 11) is 0. The van der Waals surface area contributed by atoms with Crippen molar-refractivity contribution in [2.24, 2.45) is 5.92 Å². The standard InChI is InChI=1S/C17H24BrClN2O.2ClH/c18-15-11-13(19)10-14(17(15)22)16(12-4-2-1-3-5-12)21-8-6-20-7-9-21;;/h10-12,16,20,22H,1-9H2;2*1H/t16-;;/m0../s1. The highest BCUT2D eigenvalue weighted by atomic mass is 79.9. The van der Waals surface area contributed by atoms with Gasteiger partial charge in [-0.1, -0.05) is 30.9 Å². The lowest BCUT2D eigenvalue weighted by molar-refractivity contribution is 0.101. The van der Waals surface area contributed by atoms with Crippen LogP contribution in [-0.2, 0) is 0 Å². The minimum atomic E-state index is 0. The summed E-state index contributed by atoms with van der Waals surface area (Å²) in [4.78, 5) is 2.53. The van der Waals surface area contributed by atoms with Crippen molar-refractivity contribution in [3.05, 3.63) is 27.2 Å². The number of phenols is 1. The molecule has 24 heavy (non-hydrogen) atoms. The monoisotopic (exact) mass is 458 g/mol. The zero-order valence-corrected chi connectivity index (χ0v) is 17.6. The average Bonchev–Trinajstić information content (AvgIpc) is 2.54. The fourth-order valence-corrected chi connectivity index (χ4v) is 4.80. The predicted molar refractivity (Wildman–Crippen MR) is 109 cm³/mol. The van der Waals surface area contributed by atoms with Gasteiger partial charge in [-0.25, -0.2) is 0 Å². The average molecular weight is 461 g/mol. The lowest BCUT2D eigenvalue weighted by atomic mass is 9.80. The van der Waals surface area contributed by atoms with Gasteiger partial charge < -0.3 is 10.4 Å². The molecule has 0 amide bonds. The smallest absolute Gasteiger partial charge is 0.134 e. The van der Waals surface area contributed by atoms with Crippen LogP contribution < -0.4 is 5.32 Å². The van der Waals surface area contributed by atoms with E-state index in [1.165, 1.54) is 32.1 Å². The van der Waals surface area contributed by atoms with E-state index in [1.54, 1.807) is 6.07 Å². The molecule has 1 aliphatic heterocycles. The Hall–Kier alpha value is 0.290. The third kappa shape index (κ3) is 5.15. The molecule has 1 atom stereocenters. The lowest BCUT2D eigenvalue weighted by Crippen LogP contribution is -2.47. The summed E-state index contributed by atoms with van der Waals surface area (Å²) >= 11 is 9.72. The number of rotatable bonds is 3. The number of halogens is 4. The molecule has 1 aliphatic carbocycles. The normalized spacial score (nSPS) is 20.8. The number of hydrogen-bond donors (Lipinski definition) is 2. The van der Waals surface area contributed by atoms with Gasteiger partial charge in [0.25, 0.3) is 0 Å². The first-order valence-electron chi connectivity index (χ1n) is 8.29. The number of nitrogens with zero attached hydrogens (tertiary/aromatic N) is 1. The highest BCUT2D eigenvalue weighted by molar-refractivity contribution is 9.10. The number of nitrogens with one attached hydrogen (secondary N) is 1. The largest absolute Gasteiger partial charge is 0.506 e. The Kier molecular flexibility index (Phi) is 9.72. The van der Waals surface area contributed by atoms with Crippen LogP contribution in [0.4, 0.5) is 0 Å². The van der Waals surface area contributed by atoms with E-state index < -0.39 is 0 Å². The van der Waals surface area contributed by atoms with Gasteiger partial charge in [0.15, 0.2) is 0 Å². The van der Waals surface area contributed by atoms with Gasteiger partial charge in [-0.05, 0) is 46.8 Å². The van der Waals surface area contributed by atoms with Gasteiger partial charge in [-0.3, -0.25) is 4.90 Å². The molecule has 0 unspecified atom stereocenters. The van der Waals surface area contributed by atoms with E-state index in [2.05, 4.69) is 26.1 Å². The summed E-state index contributed by atoms with van der Waals surface area (Å²) in [6, 6.07) is 4.01. The summed E-state index contributed by atoms with van der Waals surface area (Å²) < 4.78 is 0.700. The minimum absolute atomic E-state index is 0. The fraction of sp³-hybridized carbons (Fsp3) is 0.647. The molecule has 0 spiro atoms. The van der Waals surface area contributed by atoms with Crippen molar-refractivity contribution < 1.29 is 5.11 Å². The molecule has 2 N–H and O–H groups in total. The predicted octanol–water partition coefficient (Wildman–Crippen LogP) is 5.18. The van der Waals surface area contributed by atoms with E-state index in [0.717, 1.165) is 31.7 Å². The van der Waals surface area contributed by atoms with Gasteiger partial charge in [0.1, 0.15) is 5.75 Å². The van der Waals surface area contributed by atoms with Gasteiger partial charge in [0.05, 0.1) is 4.47 Å². The molecule has 1 saturated heterocycles. The molecule has 0 aromatic heterocycles. The first kappa shape index (κ1) is 22.3. The molecular weight excluding hydrogens is 434 g/mol. The first-order chi connectivity index (χ1) is 10.7. The van der Waals surface area contributed by atoms with Crippen LogP contribution in [-0.4, -0.2) is 36.2 Å². The number of aromatic hydroxyl groups is 1. The van der Waals surface area contributed by atoms with Crippen LogP contribution in [0, 0.1) is 5.92 Å². The Bertz CT molecular complexity index is 503. The van der Waals surface area contributed by atoms with Crippen LogP contribution in [0.15, 0.2) is 16.6 Å². The van der Waals surface area contributed by atoms with Crippen LogP contribution in [0.3, 0.4) is 0 Å². The van der Waals surface area contributed by atoms with E-state index in [0.29, 0.717) is 21.2 Å². The molecular formula is C17H26BrCl3N2O. The zero-order valence-electron chi connectivity index (χ0n) is 13.6. The number of phenolic OH excluding ortho intramolecular Hbond substituents is 1. The lowest BCUT2D eigenvalue weighted by Gasteiger charge is -2.41. The second kappa shape index (κ2) is 10.4. The molecule has 1 aromatic carbocycles. The van der Waals surface area contributed by atoms with E-state index >= 15 is 0 Å². The summed E-state index contributed by atoms with van der Waals surface area (Å²) in [5, 5.41) is 14.7. The van der Waals surface area contributed by atoms with Crippen molar-refractivity contribution in [2.75, 3.05) is 26.2 Å². The van der Waals surface area contributed by atoms with Crippen LogP contribution in [0.1, 0.15) is 43.7 Å². The number of hydrogen-bond acceptors (Lipinski definition) is 3. The SMILES string of the molecule is Cl.Cl.Oc1c(Br)cc(Cl)cc1[C@H](C1CCCCC1)N1CCNCC1. The van der Waals surface area contributed by atoms with Gasteiger partial charge >= 0.3 is 0 Å². The Morgan fingerprint density at radius 1 is 1.12 bits per heavy atom. The maximum Gasteiger partial charge on any atom is 0.134 e. The molecule has 7 heteroatoms. The molecule has 0 bridgehead atoms. The highest BCUT2D eigenvalue weighted by Gasteiger charge is 2.33. The quantitative estimate of drug-likeness (QED) is 0.653. The first-order valence-corrected chi connectivity index (χ1v) is 9.46. The maximum absolute atomic E-state index is 10.6. The van der Waals surface area contributed by atoms with Crippen LogP contribution in [0.25, 0.3) is 0 Å². The molecule has 138 valence electrons.